The Bertz CT molecular complexity index is 741. The van der Waals surface area contributed by atoms with Crippen LogP contribution in [0.25, 0.3) is 22.4 Å². The lowest BCUT2D eigenvalue weighted by molar-refractivity contribution is 0.146. The highest BCUT2D eigenvalue weighted by atomic mass is 16.5. The number of hydrogen-bond donors (Lipinski definition) is 1. The fourth-order valence-corrected chi connectivity index (χ4v) is 2.16. The molecule has 2 aromatic heterocycles. The Labute approximate surface area is 122 Å². The summed E-state index contributed by atoms with van der Waals surface area (Å²) in [5.41, 5.74) is 2.67. The SMILES string of the molecule is COCCOc1ccc2ccc(-c3ncn[nH]3)nc2c1C. The zero-order chi connectivity index (χ0) is 14.7. The van der Waals surface area contributed by atoms with E-state index in [4.69, 9.17) is 9.47 Å². The van der Waals surface area contributed by atoms with Gasteiger partial charge >= 0.3 is 0 Å². The van der Waals surface area contributed by atoms with Crippen LogP contribution in [0.2, 0.25) is 0 Å². The summed E-state index contributed by atoms with van der Waals surface area (Å²) in [5.74, 6) is 1.48. The van der Waals surface area contributed by atoms with Crippen molar-refractivity contribution in [3.8, 4) is 17.3 Å². The van der Waals surface area contributed by atoms with Gasteiger partial charge in [-0.25, -0.2) is 9.97 Å². The lowest BCUT2D eigenvalue weighted by atomic mass is 10.1. The zero-order valence-corrected chi connectivity index (χ0v) is 12.0. The van der Waals surface area contributed by atoms with Crippen LogP contribution < -0.4 is 4.74 Å². The molecule has 0 atom stereocenters. The van der Waals surface area contributed by atoms with Crippen LogP contribution >= 0.6 is 0 Å². The van der Waals surface area contributed by atoms with E-state index in [0.717, 1.165) is 27.9 Å². The Balaban J connectivity index is 2.00. The Morgan fingerprint density at radius 1 is 1.14 bits per heavy atom. The van der Waals surface area contributed by atoms with Gasteiger partial charge in [0.1, 0.15) is 24.4 Å². The monoisotopic (exact) mass is 284 g/mol. The van der Waals surface area contributed by atoms with Crippen molar-refractivity contribution < 1.29 is 9.47 Å². The first-order valence-electron chi connectivity index (χ1n) is 6.67. The van der Waals surface area contributed by atoms with Gasteiger partial charge in [-0.2, -0.15) is 5.10 Å². The van der Waals surface area contributed by atoms with Crippen molar-refractivity contribution >= 4 is 10.9 Å². The van der Waals surface area contributed by atoms with Crippen molar-refractivity contribution in [1.29, 1.82) is 0 Å². The number of H-pyrrole nitrogens is 1. The zero-order valence-electron chi connectivity index (χ0n) is 12.0. The molecular weight excluding hydrogens is 268 g/mol. The minimum Gasteiger partial charge on any atom is -0.491 e. The summed E-state index contributed by atoms with van der Waals surface area (Å²) in [6.07, 6.45) is 1.47. The average molecular weight is 284 g/mol. The van der Waals surface area contributed by atoms with E-state index in [9.17, 15) is 0 Å². The van der Waals surface area contributed by atoms with Gasteiger partial charge in [-0.05, 0) is 25.1 Å². The van der Waals surface area contributed by atoms with E-state index in [-0.39, 0.29) is 0 Å². The molecule has 6 nitrogen and oxygen atoms in total. The molecule has 0 amide bonds. The number of aryl methyl sites for hydroxylation is 1. The van der Waals surface area contributed by atoms with E-state index in [1.54, 1.807) is 7.11 Å². The summed E-state index contributed by atoms with van der Waals surface area (Å²) in [4.78, 5) is 8.79. The van der Waals surface area contributed by atoms with Gasteiger partial charge in [-0.3, -0.25) is 5.10 Å². The Hall–Kier alpha value is -2.47. The second-order valence-corrected chi connectivity index (χ2v) is 4.63. The molecule has 0 saturated carbocycles. The van der Waals surface area contributed by atoms with E-state index in [1.807, 2.05) is 31.2 Å². The molecule has 1 aromatic carbocycles. The second kappa shape index (κ2) is 5.88. The maximum absolute atomic E-state index is 5.72. The first kappa shape index (κ1) is 13.5. The number of ether oxygens (including phenoxy) is 2. The van der Waals surface area contributed by atoms with Crippen LogP contribution in [-0.2, 0) is 4.74 Å². The molecule has 21 heavy (non-hydrogen) atoms. The molecule has 2 heterocycles. The molecule has 0 saturated heterocycles. The van der Waals surface area contributed by atoms with Gasteiger partial charge in [0.05, 0.1) is 12.1 Å². The van der Waals surface area contributed by atoms with Crippen molar-refractivity contribution in [2.75, 3.05) is 20.3 Å². The highest BCUT2D eigenvalue weighted by molar-refractivity contribution is 5.85. The third-order valence-corrected chi connectivity index (χ3v) is 3.27. The summed E-state index contributed by atoms with van der Waals surface area (Å²) in [6.45, 7) is 3.08. The van der Waals surface area contributed by atoms with E-state index >= 15 is 0 Å². The number of methoxy groups -OCH3 is 1. The number of aromatic nitrogens is 4. The second-order valence-electron chi connectivity index (χ2n) is 4.63. The Morgan fingerprint density at radius 2 is 2.00 bits per heavy atom. The van der Waals surface area contributed by atoms with Gasteiger partial charge in [0.15, 0.2) is 5.82 Å². The molecule has 0 unspecified atom stereocenters. The van der Waals surface area contributed by atoms with Crippen LogP contribution in [0.5, 0.6) is 5.75 Å². The molecule has 0 fully saturated rings. The number of aromatic amines is 1. The van der Waals surface area contributed by atoms with Crippen LogP contribution in [0, 0.1) is 6.92 Å². The normalized spacial score (nSPS) is 11.0. The Morgan fingerprint density at radius 3 is 2.76 bits per heavy atom. The third kappa shape index (κ3) is 2.71. The van der Waals surface area contributed by atoms with Crippen LogP contribution in [0.15, 0.2) is 30.6 Å². The molecule has 1 N–H and O–H groups in total. The molecule has 0 aliphatic heterocycles. The quantitative estimate of drug-likeness (QED) is 0.728. The van der Waals surface area contributed by atoms with Crippen LogP contribution in [0.1, 0.15) is 5.56 Å². The smallest absolute Gasteiger partial charge is 0.174 e. The molecule has 3 aromatic rings. The number of hydrogen-bond acceptors (Lipinski definition) is 5. The minimum atomic E-state index is 0.518. The number of nitrogens with zero attached hydrogens (tertiary/aromatic N) is 3. The summed E-state index contributed by atoms with van der Waals surface area (Å²) in [6, 6.07) is 7.91. The van der Waals surface area contributed by atoms with Crippen molar-refractivity contribution in [2.45, 2.75) is 6.92 Å². The lowest BCUT2D eigenvalue weighted by Gasteiger charge is -2.11. The van der Waals surface area contributed by atoms with Crippen molar-refractivity contribution in [2.24, 2.45) is 0 Å². The first-order valence-corrected chi connectivity index (χ1v) is 6.67. The van der Waals surface area contributed by atoms with Gasteiger partial charge in [0.25, 0.3) is 0 Å². The van der Waals surface area contributed by atoms with Crippen molar-refractivity contribution in [3.05, 3.63) is 36.2 Å². The number of pyridine rings is 1. The predicted octanol–water partition coefficient (Wildman–Crippen LogP) is 2.35. The summed E-state index contributed by atoms with van der Waals surface area (Å²) >= 11 is 0. The van der Waals surface area contributed by atoms with Crippen LogP contribution in [0.4, 0.5) is 0 Å². The van der Waals surface area contributed by atoms with Gasteiger partial charge in [-0.15, -0.1) is 0 Å². The standard InChI is InChI=1S/C15H16N4O2/c1-10-13(21-8-7-20-2)6-4-11-3-5-12(18-14(10)11)15-16-9-17-19-15/h3-6,9H,7-8H2,1-2H3,(H,16,17,19). The molecule has 0 aliphatic rings. The number of rotatable bonds is 5. The molecule has 0 aliphatic carbocycles. The number of nitrogens with one attached hydrogen (secondary N) is 1. The van der Waals surface area contributed by atoms with Gasteiger partial charge < -0.3 is 9.47 Å². The third-order valence-electron chi connectivity index (χ3n) is 3.27. The maximum atomic E-state index is 5.72. The largest absolute Gasteiger partial charge is 0.491 e. The van der Waals surface area contributed by atoms with Gasteiger partial charge in [0, 0.05) is 18.1 Å². The molecular formula is C15H16N4O2. The molecule has 0 spiro atoms. The first-order chi connectivity index (χ1) is 10.3. The topological polar surface area (TPSA) is 72.9 Å². The molecule has 6 heteroatoms. The van der Waals surface area contributed by atoms with E-state index in [1.165, 1.54) is 6.33 Å². The van der Waals surface area contributed by atoms with Crippen LogP contribution in [-0.4, -0.2) is 40.5 Å². The number of benzene rings is 1. The molecule has 0 radical (unpaired) electrons. The maximum Gasteiger partial charge on any atom is 0.174 e. The molecule has 0 bridgehead atoms. The van der Waals surface area contributed by atoms with Gasteiger partial charge in [-0.1, -0.05) is 6.07 Å². The van der Waals surface area contributed by atoms with Crippen molar-refractivity contribution in [1.82, 2.24) is 20.2 Å². The average Bonchev–Trinajstić information content (AvgIpc) is 3.04. The predicted molar refractivity (Wildman–Crippen MR) is 79.2 cm³/mol. The van der Waals surface area contributed by atoms with Crippen LogP contribution in [0.3, 0.4) is 0 Å². The van der Waals surface area contributed by atoms with E-state index < -0.39 is 0 Å². The van der Waals surface area contributed by atoms with Gasteiger partial charge in [0.2, 0.25) is 0 Å². The van der Waals surface area contributed by atoms with E-state index in [0.29, 0.717) is 19.0 Å². The molecule has 3 rings (SSSR count). The summed E-state index contributed by atoms with van der Waals surface area (Å²) in [5, 5.41) is 7.74. The summed E-state index contributed by atoms with van der Waals surface area (Å²) in [7, 11) is 1.65. The Kier molecular flexibility index (Phi) is 3.79. The van der Waals surface area contributed by atoms with E-state index in [2.05, 4.69) is 20.2 Å². The fraction of sp³-hybridized carbons (Fsp3) is 0.267. The fourth-order valence-electron chi connectivity index (χ4n) is 2.16. The number of fused-ring (bicyclic) bond motifs is 1. The highest BCUT2D eigenvalue weighted by Gasteiger charge is 2.09. The lowest BCUT2D eigenvalue weighted by Crippen LogP contribution is -2.05. The minimum absolute atomic E-state index is 0.518. The molecule has 108 valence electrons. The van der Waals surface area contributed by atoms with Crippen molar-refractivity contribution in [3.63, 3.8) is 0 Å². The highest BCUT2D eigenvalue weighted by Crippen LogP contribution is 2.27. The summed E-state index contributed by atoms with van der Waals surface area (Å²) < 4.78 is 10.7.